The molecule has 154 valence electrons. The summed E-state index contributed by atoms with van der Waals surface area (Å²) in [4.78, 5) is 0. The van der Waals surface area contributed by atoms with E-state index in [-0.39, 0.29) is 0 Å². The average molecular weight is 389 g/mol. The number of rotatable bonds is 9. The molecule has 1 aliphatic rings. The second-order valence-corrected chi connectivity index (χ2v) is 8.24. The van der Waals surface area contributed by atoms with E-state index in [0.717, 1.165) is 18.3 Å². The molecule has 0 heterocycles. The van der Waals surface area contributed by atoms with Crippen LogP contribution in [0.1, 0.15) is 69.4 Å². The van der Waals surface area contributed by atoms with Crippen molar-refractivity contribution in [3.63, 3.8) is 0 Å². The van der Waals surface area contributed by atoms with Gasteiger partial charge in [-0.3, -0.25) is 0 Å². The van der Waals surface area contributed by atoms with Crippen molar-refractivity contribution >= 4 is 0 Å². The highest BCUT2D eigenvalue weighted by molar-refractivity contribution is 5.64. The Hall–Kier alpha value is -2.12. The molecule has 0 aliphatic heterocycles. The van der Waals surface area contributed by atoms with Crippen LogP contribution >= 0.6 is 0 Å². The Morgan fingerprint density at radius 2 is 1.48 bits per heavy atom. The molecular weight excluding hydrogens is 352 g/mol. The highest BCUT2D eigenvalue weighted by Crippen LogP contribution is 2.37. The van der Waals surface area contributed by atoms with E-state index in [1.165, 1.54) is 54.4 Å². The first-order chi connectivity index (χ1) is 14.3. The summed E-state index contributed by atoms with van der Waals surface area (Å²) in [5.41, 5.74) is 5.32. The van der Waals surface area contributed by atoms with Crippen LogP contribution in [0.5, 0.6) is 0 Å². The lowest BCUT2D eigenvalue weighted by Crippen LogP contribution is -2.12. The molecule has 3 rings (SSSR count). The number of allylic oxidation sites excluding steroid dienone is 3. The molecule has 1 aliphatic carbocycles. The van der Waals surface area contributed by atoms with Crippen molar-refractivity contribution in [2.45, 2.75) is 64.9 Å². The van der Waals surface area contributed by atoms with Gasteiger partial charge in [0.05, 0.1) is 13.2 Å². The largest absolute Gasteiger partial charge is 0.373 e. The first-order valence-electron chi connectivity index (χ1n) is 11.3. The van der Waals surface area contributed by atoms with Crippen LogP contribution in [0.3, 0.4) is 0 Å². The average Bonchev–Trinajstić information content (AvgIpc) is 2.78. The summed E-state index contributed by atoms with van der Waals surface area (Å²) in [7, 11) is 0. The molecule has 0 saturated heterocycles. The van der Waals surface area contributed by atoms with Gasteiger partial charge in [-0.15, -0.1) is 0 Å². The molecule has 2 aromatic rings. The van der Waals surface area contributed by atoms with Crippen molar-refractivity contribution < 1.29 is 4.74 Å². The smallest absolute Gasteiger partial charge is 0.0721 e. The van der Waals surface area contributed by atoms with Gasteiger partial charge in [0.1, 0.15) is 0 Å². The molecule has 0 radical (unpaired) electrons. The van der Waals surface area contributed by atoms with Gasteiger partial charge < -0.3 is 4.74 Å². The maximum absolute atomic E-state index is 5.63. The van der Waals surface area contributed by atoms with Gasteiger partial charge in [-0.2, -0.15) is 0 Å². The minimum atomic E-state index is 0.667. The molecule has 1 fully saturated rings. The molecule has 1 nitrogen and oxygen atoms in total. The SMILES string of the molecule is CC=CCOCc1ccc(-c2ccc([C@H]3CC[C@H](CC=CCC)CC3)cc2)cc1. The first-order valence-corrected chi connectivity index (χ1v) is 11.3. The number of ether oxygens (including phenoxy) is 1. The highest BCUT2D eigenvalue weighted by Gasteiger charge is 2.21. The van der Waals surface area contributed by atoms with Crippen LogP contribution in [-0.2, 0) is 11.3 Å². The maximum atomic E-state index is 5.63. The minimum Gasteiger partial charge on any atom is -0.373 e. The second-order valence-electron chi connectivity index (χ2n) is 8.24. The second kappa shape index (κ2) is 11.8. The van der Waals surface area contributed by atoms with E-state index in [1.54, 1.807) is 0 Å². The van der Waals surface area contributed by atoms with E-state index < -0.39 is 0 Å². The Morgan fingerprint density at radius 1 is 0.828 bits per heavy atom. The van der Waals surface area contributed by atoms with Gasteiger partial charge in [-0.25, -0.2) is 0 Å². The van der Waals surface area contributed by atoms with Crippen LogP contribution in [0.25, 0.3) is 11.1 Å². The van der Waals surface area contributed by atoms with E-state index >= 15 is 0 Å². The standard InChI is InChI=1S/C28H36O/c1-3-5-7-8-23-9-13-25(14-10-23)27-17-19-28(20-18-27)26-15-11-24(12-16-26)22-29-21-6-4-2/h4-7,11-12,15-20,23,25H,3,8-10,13-14,21-22H2,1-2H3/t23-,25-. The lowest BCUT2D eigenvalue weighted by molar-refractivity contribution is 0.148. The Labute approximate surface area is 177 Å². The van der Waals surface area contributed by atoms with E-state index in [1.807, 2.05) is 19.1 Å². The number of hydrogen-bond acceptors (Lipinski definition) is 1. The summed E-state index contributed by atoms with van der Waals surface area (Å²) in [5.74, 6) is 1.64. The molecule has 0 atom stereocenters. The van der Waals surface area contributed by atoms with Gasteiger partial charge in [0, 0.05) is 0 Å². The zero-order chi connectivity index (χ0) is 20.3. The Balaban J connectivity index is 1.52. The van der Waals surface area contributed by atoms with E-state index in [2.05, 4.69) is 67.6 Å². The molecule has 29 heavy (non-hydrogen) atoms. The molecule has 0 unspecified atom stereocenters. The van der Waals surface area contributed by atoms with Gasteiger partial charge >= 0.3 is 0 Å². The Morgan fingerprint density at radius 3 is 2.10 bits per heavy atom. The fourth-order valence-corrected chi connectivity index (χ4v) is 4.27. The topological polar surface area (TPSA) is 9.23 Å². The molecular formula is C28H36O. The van der Waals surface area contributed by atoms with Crippen molar-refractivity contribution in [1.29, 1.82) is 0 Å². The van der Waals surface area contributed by atoms with Crippen molar-refractivity contribution in [3.8, 4) is 11.1 Å². The summed E-state index contributed by atoms with van der Waals surface area (Å²) in [6.45, 7) is 5.57. The minimum absolute atomic E-state index is 0.667. The lowest BCUT2D eigenvalue weighted by atomic mass is 9.77. The third kappa shape index (κ3) is 6.72. The maximum Gasteiger partial charge on any atom is 0.0721 e. The Bertz CT molecular complexity index is 759. The van der Waals surface area contributed by atoms with Crippen LogP contribution in [-0.4, -0.2) is 6.61 Å². The molecule has 2 aromatic carbocycles. The summed E-state index contributed by atoms with van der Waals surface area (Å²) in [5, 5.41) is 0. The molecule has 1 saturated carbocycles. The van der Waals surface area contributed by atoms with Gasteiger partial charge in [0.15, 0.2) is 0 Å². The van der Waals surface area contributed by atoms with Crippen molar-refractivity contribution in [1.82, 2.24) is 0 Å². The molecule has 0 N–H and O–H groups in total. The summed E-state index contributed by atoms with van der Waals surface area (Å²) in [6.07, 6.45) is 16.6. The van der Waals surface area contributed by atoms with Gasteiger partial charge in [0.2, 0.25) is 0 Å². The fourth-order valence-electron chi connectivity index (χ4n) is 4.27. The van der Waals surface area contributed by atoms with Crippen LogP contribution in [0.2, 0.25) is 0 Å². The zero-order valence-electron chi connectivity index (χ0n) is 18.1. The predicted molar refractivity (Wildman–Crippen MR) is 125 cm³/mol. The molecule has 0 spiro atoms. The number of benzene rings is 2. The quantitative estimate of drug-likeness (QED) is 0.311. The van der Waals surface area contributed by atoms with E-state index in [4.69, 9.17) is 4.74 Å². The summed E-state index contributed by atoms with van der Waals surface area (Å²) < 4.78 is 5.63. The fraction of sp³-hybridized carbons (Fsp3) is 0.429. The van der Waals surface area contributed by atoms with Crippen molar-refractivity contribution in [2.24, 2.45) is 5.92 Å². The summed E-state index contributed by atoms with van der Waals surface area (Å²) >= 11 is 0. The molecule has 0 bridgehead atoms. The van der Waals surface area contributed by atoms with E-state index in [0.29, 0.717) is 13.2 Å². The van der Waals surface area contributed by atoms with Crippen molar-refractivity contribution in [3.05, 3.63) is 84.0 Å². The Kier molecular flexibility index (Phi) is 8.77. The third-order valence-electron chi connectivity index (χ3n) is 6.11. The normalized spacial score (nSPS) is 19.9. The van der Waals surface area contributed by atoms with E-state index in [9.17, 15) is 0 Å². The van der Waals surface area contributed by atoms with Crippen LogP contribution < -0.4 is 0 Å². The van der Waals surface area contributed by atoms with Crippen molar-refractivity contribution in [2.75, 3.05) is 6.61 Å². The van der Waals surface area contributed by atoms with Crippen LogP contribution in [0, 0.1) is 5.92 Å². The number of hydrogen-bond donors (Lipinski definition) is 0. The molecule has 0 aromatic heterocycles. The van der Waals surface area contributed by atoms with Crippen LogP contribution in [0.4, 0.5) is 0 Å². The molecule has 1 heteroatoms. The highest BCUT2D eigenvalue weighted by atomic mass is 16.5. The predicted octanol–water partition coefficient (Wildman–Crippen LogP) is 8.08. The molecule has 0 amide bonds. The zero-order valence-corrected chi connectivity index (χ0v) is 18.1. The lowest BCUT2D eigenvalue weighted by Gasteiger charge is -2.28. The van der Waals surface area contributed by atoms with Gasteiger partial charge in [0.25, 0.3) is 0 Å². The summed E-state index contributed by atoms with van der Waals surface area (Å²) in [6, 6.07) is 18.1. The van der Waals surface area contributed by atoms with Gasteiger partial charge in [-0.05, 0) is 79.5 Å². The van der Waals surface area contributed by atoms with Crippen LogP contribution in [0.15, 0.2) is 72.8 Å². The first kappa shape index (κ1) is 21.6. The van der Waals surface area contributed by atoms with Gasteiger partial charge in [-0.1, -0.05) is 79.8 Å². The monoisotopic (exact) mass is 388 g/mol. The third-order valence-corrected chi connectivity index (χ3v) is 6.11.